The van der Waals surface area contributed by atoms with E-state index in [1.54, 1.807) is 20.1 Å². The minimum atomic E-state index is -0.694. The lowest BCUT2D eigenvalue weighted by atomic mass is 10.1. The Morgan fingerprint density at radius 3 is 2.38 bits per heavy atom. The van der Waals surface area contributed by atoms with Gasteiger partial charge in [-0.1, -0.05) is 42.5 Å². The molecule has 0 aliphatic carbocycles. The predicted octanol–water partition coefficient (Wildman–Crippen LogP) is 4.08. The Kier molecular flexibility index (Phi) is 7.92. The quantitative estimate of drug-likeness (QED) is 0.184. The second kappa shape index (κ2) is 11.5. The maximum atomic E-state index is 13.0. The molecule has 0 atom stereocenters. The zero-order valence-electron chi connectivity index (χ0n) is 21.3. The first kappa shape index (κ1) is 25.6. The van der Waals surface area contributed by atoms with E-state index in [0.29, 0.717) is 11.4 Å². The molecule has 0 amide bonds. The molecule has 0 spiro atoms. The first-order valence-electron chi connectivity index (χ1n) is 11.9. The first-order valence-corrected chi connectivity index (χ1v) is 11.9. The summed E-state index contributed by atoms with van der Waals surface area (Å²) >= 11 is 0. The number of benzene rings is 2. The van der Waals surface area contributed by atoms with Gasteiger partial charge in [-0.25, -0.2) is 4.79 Å². The van der Waals surface area contributed by atoms with Crippen molar-refractivity contribution in [2.24, 2.45) is 0 Å². The van der Waals surface area contributed by atoms with Crippen LogP contribution in [0.2, 0.25) is 0 Å². The standard InChI is InChI=1S/C28H29N5O4/c1-19-16-25(20(2)32(19)15-14-22-10-12-24(36-4)13-11-22)27(34)18-37-28(35)26(33-21(3)29-30-31-33)17-23-8-6-5-7-9-23/h5-13,16-17H,14-15,18H2,1-4H3/b26-17-. The van der Waals surface area contributed by atoms with Gasteiger partial charge in [0.1, 0.15) is 5.75 Å². The van der Waals surface area contributed by atoms with E-state index in [4.69, 9.17) is 9.47 Å². The number of tetrazole rings is 1. The fourth-order valence-electron chi connectivity index (χ4n) is 4.11. The normalized spacial score (nSPS) is 11.4. The van der Waals surface area contributed by atoms with Crippen molar-refractivity contribution < 1.29 is 19.1 Å². The topological polar surface area (TPSA) is 101 Å². The van der Waals surface area contributed by atoms with Crippen LogP contribution < -0.4 is 4.74 Å². The average Bonchev–Trinajstić information content (AvgIpc) is 3.47. The Labute approximate surface area is 215 Å². The number of methoxy groups -OCH3 is 1. The third-order valence-electron chi connectivity index (χ3n) is 6.16. The van der Waals surface area contributed by atoms with Crippen LogP contribution in [0.25, 0.3) is 11.8 Å². The maximum absolute atomic E-state index is 13.0. The summed E-state index contributed by atoms with van der Waals surface area (Å²) in [6.07, 6.45) is 2.43. The number of carbonyl (C=O) groups excluding carboxylic acids is 2. The molecule has 2 heterocycles. The largest absolute Gasteiger partial charge is 0.497 e. The molecule has 190 valence electrons. The fraction of sp³-hybridized carbons (Fsp3) is 0.250. The molecule has 0 fully saturated rings. The van der Waals surface area contributed by atoms with Gasteiger partial charge in [0, 0.05) is 23.5 Å². The van der Waals surface area contributed by atoms with Crippen LogP contribution in [0, 0.1) is 20.8 Å². The molecule has 2 aromatic heterocycles. The van der Waals surface area contributed by atoms with Crippen molar-refractivity contribution in [2.75, 3.05) is 13.7 Å². The van der Waals surface area contributed by atoms with Crippen molar-refractivity contribution in [2.45, 2.75) is 33.7 Å². The van der Waals surface area contributed by atoms with Crippen molar-refractivity contribution in [3.8, 4) is 5.75 Å². The van der Waals surface area contributed by atoms with Crippen molar-refractivity contribution >= 4 is 23.5 Å². The summed E-state index contributed by atoms with van der Waals surface area (Å²) in [5, 5.41) is 11.4. The molecule has 4 rings (SSSR count). The number of ether oxygens (including phenoxy) is 2. The molecule has 37 heavy (non-hydrogen) atoms. The van der Waals surface area contributed by atoms with Gasteiger partial charge in [-0.05, 0) is 73.0 Å². The SMILES string of the molecule is COc1ccc(CCn2c(C)cc(C(=O)COC(=O)/C(=C/c3ccccc3)n3nnnc3C)c2C)cc1. The van der Waals surface area contributed by atoms with E-state index < -0.39 is 12.6 Å². The highest BCUT2D eigenvalue weighted by atomic mass is 16.5. The molecule has 0 N–H and O–H groups in total. The van der Waals surface area contributed by atoms with Gasteiger partial charge in [0.15, 0.2) is 18.1 Å². The molecule has 0 saturated carbocycles. The van der Waals surface area contributed by atoms with E-state index in [9.17, 15) is 9.59 Å². The van der Waals surface area contributed by atoms with Crippen LogP contribution in [0.1, 0.15) is 38.7 Å². The number of rotatable bonds is 10. The first-order chi connectivity index (χ1) is 17.9. The van der Waals surface area contributed by atoms with Gasteiger partial charge in [0.05, 0.1) is 7.11 Å². The van der Waals surface area contributed by atoms with Crippen LogP contribution in [0.5, 0.6) is 5.75 Å². The molecule has 0 aliphatic rings. The van der Waals surface area contributed by atoms with E-state index in [2.05, 4.69) is 20.1 Å². The highest BCUT2D eigenvalue weighted by molar-refractivity contribution is 6.16. The van der Waals surface area contributed by atoms with Gasteiger partial charge < -0.3 is 14.0 Å². The summed E-state index contributed by atoms with van der Waals surface area (Å²) in [5.41, 5.74) is 4.40. The van der Waals surface area contributed by atoms with Crippen molar-refractivity contribution in [1.29, 1.82) is 0 Å². The second-order valence-electron chi connectivity index (χ2n) is 8.61. The monoisotopic (exact) mass is 499 g/mol. The maximum Gasteiger partial charge on any atom is 0.357 e. The van der Waals surface area contributed by atoms with E-state index in [0.717, 1.165) is 35.7 Å². The van der Waals surface area contributed by atoms with Crippen LogP contribution >= 0.6 is 0 Å². The molecular formula is C28H29N5O4. The summed E-state index contributed by atoms with van der Waals surface area (Å²) < 4.78 is 14.0. The van der Waals surface area contributed by atoms with E-state index in [1.807, 2.05) is 74.5 Å². The van der Waals surface area contributed by atoms with Gasteiger partial charge >= 0.3 is 5.97 Å². The highest BCUT2D eigenvalue weighted by Gasteiger charge is 2.21. The summed E-state index contributed by atoms with van der Waals surface area (Å²) in [5.74, 6) is 0.271. The molecule has 9 nitrogen and oxygen atoms in total. The summed E-state index contributed by atoms with van der Waals surface area (Å²) in [6.45, 7) is 5.87. The summed E-state index contributed by atoms with van der Waals surface area (Å²) in [4.78, 5) is 26.1. The van der Waals surface area contributed by atoms with Gasteiger partial charge in [-0.3, -0.25) is 4.79 Å². The van der Waals surface area contributed by atoms with Gasteiger partial charge in [0.2, 0.25) is 5.78 Å². The zero-order chi connectivity index (χ0) is 26.4. The number of ketones is 1. The van der Waals surface area contributed by atoms with E-state index in [-0.39, 0.29) is 11.5 Å². The molecule has 4 aromatic rings. The highest BCUT2D eigenvalue weighted by Crippen LogP contribution is 2.19. The van der Waals surface area contributed by atoms with Crippen LogP contribution in [-0.4, -0.2) is 50.2 Å². The number of aromatic nitrogens is 5. The van der Waals surface area contributed by atoms with Crippen LogP contribution in [0.3, 0.4) is 0 Å². The molecular weight excluding hydrogens is 470 g/mol. The number of nitrogens with zero attached hydrogens (tertiary/aromatic N) is 5. The Balaban J connectivity index is 1.45. The Morgan fingerprint density at radius 1 is 1.00 bits per heavy atom. The minimum Gasteiger partial charge on any atom is -0.497 e. The second-order valence-corrected chi connectivity index (χ2v) is 8.61. The van der Waals surface area contributed by atoms with Crippen molar-refractivity contribution in [1.82, 2.24) is 24.8 Å². The number of hydrogen-bond acceptors (Lipinski definition) is 7. The van der Waals surface area contributed by atoms with Crippen LogP contribution in [-0.2, 0) is 22.5 Å². The molecule has 2 aromatic carbocycles. The predicted molar refractivity (Wildman–Crippen MR) is 139 cm³/mol. The van der Waals surface area contributed by atoms with Crippen molar-refractivity contribution in [3.05, 3.63) is 94.6 Å². The zero-order valence-corrected chi connectivity index (χ0v) is 21.3. The van der Waals surface area contributed by atoms with Gasteiger partial charge in [0.25, 0.3) is 0 Å². The van der Waals surface area contributed by atoms with Crippen LogP contribution in [0.4, 0.5) is 0 Å². The minimum absolute atomic E-state index is 0.117. The Morgan fingerprint density at radius 2 is 1.73 bits per heavy atom. The molecule has 0 bridgehead atoms. The third-order valence-corrected chi connectivity index (χ3v) is 6.16. The number of Topliss-reactive ketones (excluding diaryl/α,β-unsaturated/α-hetero) is 1. The lowest BCUT2D eigenvalue weighted by Gasteiger charge is -2.11. The summed E-state index contributed by atoms with van der Waals surface area (Å²) in [6, 6.07) is 19.1. The molecule has 0 saturated heterocycles. The number of esters is 1. The Hall–Kier alpha value is -4.53. The fourth-order valence-corrected chi connectivity index (χ4v) is 4.11. The Bertz CT molecular complexity index is 1420. The van der Waals surface area contributed by atoms with Crippen LogP contribution in [0.15, 0.2) is 60.7 Å². The molecule has 9 heteroatoms. The van der Waals surface area contributed by atoms with Gasteiger partial charge in [-0.15, -0.1) is 5.10 Å². The molecule has 0 aliphatic heterocycles. The summed E-state index contributed by atoms with van der Waals surface area (Å²) in [7, 11) is 1.64. The number of hydrogen-bond donors (Lipinski definition) is 0. The number of aryl methyl sites for hydroxylation is 3. The van der Waals surface area contributed by atoms with Crippen molar-refractivity contribution in [3.63, 3.8) is 0 Å². The van der Waals surface area contributed by atoms with E-state index in [1.165, 1.54) is 10.2 Å². The number of carbonyl (C=O) groups is 2. The lowest BCUT2D eigenvalue weighted by molar-refractivity contribution is -0.136. The third kappa shape index (κ3) is 6.00. The molecule has 0 radical (unpaired) electrons. The average molecular weight is 500 g/mol. The molecule has 0 unspecified atom stereocenters. The smallest absolute Gasteiger partial charge is 0.357 e. The lowest BCUT2D eigenvalue weighted by Crippen LogP contribution is -2.19. The van der Waals surface area contributed by atoms with Gasteiger partial charge in [-0.2, -0.15) is 4.68 Å². The van der Waals surface area contributed by atoms with E-state index >= 15 is 0 Å².